The van der Waals surface area contributed by atoms with Crippen LogP contribution in [-0.2, 0) is 11.3 Å². The molecule has 0 aliphatic carbocycles. The number of aliphatic imine (C=N–C) groups is 1. The van der Waals surface area contributed by atoms with Crippen LogP contribution in [0.25, 0.3) is 0 Å². The molecule has 2 aromatic rings. The van der Waals surface area contributed by atoms with Gasteiger partial charge in [0.15, 0.2) is 0 Å². The zero-order valence-corrected chi connectivity index (χ0v) is 16.4. The lowest BCUT2D eigenvalue weighted by atomic mass is 10.2. The van der Waals surface area contributed by atoms with Crippen LogP contribution in [0.5, 0.6) is 5.75 Å². The van der Waals surface area contributed by atoms with Gasteiger partial charge in [-0.25, -0.2) is 9.69 Å². The van der Waals surface area contributed by atoms with Gasteiger partial charge in [-0.1, -0.05) is 0 Å². The Morgan fingerprint density at radius 2 is 1.94 bits per heavy atom. The molecule has 31 heavy (non-hydrogen) atoms. The van der Waals surface area contributed by atoms with Crippen LogP contribution >= 0.6 is 0 Å². The van der Waals surface area contributed by atoms with Crippen molar-refractivity contribution >= 4 is 23.5 Å². The quantitative estimate of drug-likeness (QED) is 0.733. The lowest BCUT2D eigenvalue weighted by Gasteiger charge is -2.20. The number of nitrogens with one attached hydrogen (secondary N) is 1. The molecule has 8 nitrogen and oxygen atoms in total. The number of nitrogens with zero attached hydrogens (tertiary/aromatic N) is 4. The molecule has 3 amide bonds. The van der Waals surface area contributed by atoms with Crippen LogP contribution in [0.1, 0.15) is 18.2 Å². The van der Waals surface area contributed by atoms with E-state index in [0.717, 1.165) is 29.1 Å². The van der Waals surface area contributed by atoms with E-state index in [1.807, 2.05) is 0 Å². The lowest BCUT2D eigenvalue weighted by molar-refractivity contribution is -0.274. The maximum absolute atomic E-state index is 13.0. The van der Waals surface area contributed by atoms with E-state index in [4.69, 9.17) is 0 Å². The minimum Gasteiger partial charge on any atom is -0.406 e. The highest BCUT2D eigenvalue weighted by atomic mass is 19.4. The summed E-state index contributed by atoms with van der Waals surface area (Å²) in [6.07, 6.45) is -3.22. The number of pyridine rings is 1. The molecule has 0 bridgehead atoms. The van der Waals surface area contributed by atoms with Crippen molar-refractivity contribution < 1.29 is 27.5 Å². The van der Waals surface area contributed by atoms with Gasteiger partial charge < -0.3 is 15.0 Å². The summed E-state index contributed by atoms with van der Waals surface area (Å²) in [5.74, 6) is -0.222. The summed E-state index contributed by atoms with van der Waals surface area (Å²) in [4.78, 5) is 36.6. The summed E-state index contributed by atoms with van der Waals surface area (Å²) in [5, 5.41) is 3.13. The second-order valence-corrected chi connectivity index (χ2v) is 7.01. The van der Waals surface area contributed by atoms with Gasteiger partial charge >= 0.3 is 12.4 Å². The first-order valence-corrected chi connectivity index (χ1v) is 9.47. The molecule has 2 aliphatic rings. The van der Waals surface area contributed by atoms with Crippen molar-refractivity contribution in [2.45, 2.75) is 25.9 Å². The van der Waals surface area contributed by atoms with E-state index in [1.54, 1.807) is 25.3 Å². The normalized spacial score (nSPS) is 19.0. The van der Waals surface area contributed by atoms with Gasteiger partial charge in [-0.05, 0) is 48.9 Å². The molecular formula is C20H18F3N5O3. The lowest BCUT2D eigenvalue weighted by Crippen LogP contribution is -2.33. The van der Waals surface area contributed by atoms with Crippen molar-refractivity contribution in [3.05, 3.63) is 53.9 Å². The number of amidine groups is 1. The molecular weight excluding hydrogens is 415 g/mol. The van der Waals surface area contributed by atoms with Crippen LogP contribution < -0.4 is 15.0 Å². The van der Waals surface area contributed by atoms with Gasteiger partial charge in [0.05, 0.1) is 12.2 Å². The molecule has 0 spiro atoms. The summed E-state index contributed by atoms with van der Waals surface area (Å²) in [7, 11) is 0. The topological polar surface area (TPSA) is 87.1 Å². The Morgan fingerprint density at radius 1 is 1.19 bits per heavy atom. The Bertz CT molecular complexity index is 1040. The van der Waals surface area contributed by atoms with E-state index in [2.05, 4.69) is 20.0 Å². The van der Waals surface area contributed by atoms with Crippen LogP contribution in [0.15, 0.2) is 47.6 Å². The molecule has 1 aromatic carbocycles. The summed E-state index contributed by atoms with van der Waals surface area (Å²) >= 11 is 0. The molecule has 1 unspecified atom stereocenters. The summed E-state index contributed by atoms with van der Waals surface area (Å²) < 4.78 is 40.8. The van der Waals surface area contributed by atoms with E-state index in [0.29, 0.717) is 18.1 Å². The summed E-state index contributed by atoms with van der Waals surface area (Å²) in [6, 6.07) is 6.84. The van der Waals surface area contributed by atoms with Crippen LogP contribution in [0, 0.1) is 0 Å². The number of amides is 3. The smallest absolute Gasteiger partial charge is 0.406 e. The number of hydrogen-bond acceptors (Lipinski definition) is 6. The number of hydrogen-bond donors (Lipinski definition) is 1. The first kappa shape index (κ1) is 20.6. The molecule has 1 N–H and O–H groups in total. The molecule has 0 radical (unpaired) electrons. The van der Waals surface area contributed by atoms with E-state index in [9.17, 15) is 22.8 Å². The van der Waals surface area contributed by atoms with Gasteiger partial charge in [0, 0.05) is 19.3 Å². The van der Waals surface area contributed by atoms with Gasteiger partial charge in [-0.2, -0.15) is 0 Å². The molecule has 11 heteroatoms. The standard InChI is InChI=1S/C20H18F3N5O3/c1-12-18(29)28(14-2-4-15(5-3-14)31-20(21,22)23)19(30)27(12)11-13-6-7-24-16(10-13)17-25-8-9-26-17/h2-7,10,12H,8-9,11H2,1H3,(H,25,26). The highest BCUT2D eigenvalue weighted by Crippen LogP contribution is 2.30. The number of anilines is 1. The second-order valence-electron chi connectivity index (χ2n) is 7.01. The Labute approximate surface area is 175 Å². The minimum absolute atomic E-state index is 0.166. The average Bonchev–Trinajstić information content (AvgIpc) is 3.32. The first-order chi connectivity index (χ1) is 14.7. The molecule has 1 atom stereocenters. The Hall–Kier alpha value is -3.63. The summed E-state index contributed by atoms with van der Waals surface area (Å²) in [5.41, 5.74) is 1.58. The molecule has 1 fully saturated rings. The van der Waals surface area contributed by atoms with Gasteiger partial charge in [0.25, 0.3) is 5.91 Å². The molecule has 162 valence electrons. The third-order valence-corrected chi connectivity index (χ3v) is 4.90. The van der Waals surface area contributed by atoms with Gasteiger partial charge in [0.2, 0.25) is 0 Å². The van der Waals surface area contributed by atoms with Crippen LogP contribution in [-0.4, -0.2) is 53.2 Å². The second kappa shape index (κ2) is 7.89. The minimum atomic E-state index is -4.82. The van der Waals surface area contributed by atoms with E-state index < -0.39 is 30.1 Å². The SMILES string of the molecule is CC1C(=O)N(c2ccc(OC(F)(F)F)cc2)C(=O)N1Cc1ccnc(C2=NCCN2)c1. The fraction of sp³-hybridized carbons (Fsp3) is 0.300. The number of aromatic nitrogens is 1. The predicted molar refractivity (Wildman–Crippen MR) is 105 cm³/mol. The number of ether oxygens (including phenoxy) is 1. The van der Waals surface area contributed by atoms with Crippen LogP contribution in [0.2, 0.25) is 0 Å². The molecule has 1 aromatic heterocycles. The maximum atomic E-state index is 13.0. The van der Waals surface area contributed by atoms with Crippen molar-refractivity contribution in [2.24, 2.45) is 4.99 Å². The number of alkyl halides is 3. The third kappa shape index (κ3) is 4.30. The molecule has 4 rings (SSSR count). The average molecular weight is 433 g/mol. The highest BCUT2D eigenvalue weighted by molar-refractivity contribution is 6.21. The van der Waals surface area contributed by atoms with E-state index in [-0.39, 0.29) is 12.2 Å². The van der Waals surface area contributed by atoms with Crippen molar-refractivity contribution in [3.63, 3.8) is 0 Å². The van der Waals surface area contributed by atoms with Gasteiger partial charge in [-0.15, -0.1) is 13.2 Å². The number of carbonyl (C=O) groups is 2. The van der Waals surface area contributed by atoms with E-state index >= 15 is 0 Å². The molecule has 0 saturated carbocycles. The predicted octanol–water partition coefficient (Wildman–Crippen LogP) is 2.69. The largest absolute Gasteiger partial charge is 0.573 e. The van der Waals surface area contributed by atoms with Crippen LogP contribution in [0.3, 0.4) is 0 Å². The number of benzene rings is 1. The zero-order valence-electron chi connectivity index (χ0n) is 16.4. The first-order valence-electron chi connectivity index (χ1n) is 9.47. The van der Waals surface area contributed by atoms with E-state index in [1.165, 1.54) is 17.0 Å². The van der Waals surface area contributed by atoms with Crippen molar-refractivity contribution in [2.75, 3.05) is 18.0 Å². The molecule has 1 saturated heterocycles. The zero-order chi connectivity index (χ0) is 22.2. The number of imide groups is 1. The third-order valence-electron chi connectivity index (χ3n) is 4.90. The maximum Gasteiger partial charge on any atom is 0.573 e. The molecule has 2 aliphatic heterocycles. The Morgan fingerprint density at radius 3 is 2.58 bits per heavy atom. The van der Waals surface area contributed by atoms with Gasteiger partial charge in [-0.3, -0.25) is 14.8 Å². The highest BCUT2D eigenvalue weighted by Gasteiger charge is 2.43. The fourth-order valence-corrected chi connectivity index (χ4v) is 3.42. The Balaban J connectivity index is 1.52. The fourth-order valence-electron chi connectivity index (χ4n) is 3.42. The number of rotatable bonds is 5. The van der Waals surface area contributed by atoms with Gasteiger partial charge in [0.1, 0.15) is 23.3 Å². The Kier molecular flexibility index (Phi) is 5.25. The number of urea groups is 1. The number of halogens is 3. The van der Waals surface area contributed by atoms with Crippen molar-refractivity contribution in [3.8, 4) is 5.75 Å². The van der Waals surface area contributed by atoms with Crippen LogP contribution in [0.4, 0.5) is 23.7 Å². The van der Waals surface area contributed by atoms with Crippen molar-refractivity contribution in [1.29, 1.82) is 0 Å². The number of carbonyl (C=O) groups excluding carboxylic acids is 2. The molecule has 3 heterocycles. The monoisotopic (exact) mass is 433 g/mol. The summed E-state index contributed by atoms with van der Waals surface area (Å²) in [6.45, 7) is 3.17. The van der Waals surface area contributed by atoms with Crippen molar-refractivity contribution in [1.82, 2.24) is 15.2 Å².